The Labute approximate surface area is 101 Å². The number of nitrogens with one attached hydrogen (secondary N) is 1. The molecule has 0 aromatic heterocycles. The van der Waals surface area contributed by atoms with E-state index in [4.69, 9.17) is 4.74 Å². The van der Waals surface area contributed by atoms with Gasteiger partial charge in [0.05, 0.1) is 6.10 Å². The molecule has 0 amide bonds. The molecule has 2 atom stereocenters. The number of ether oxygens (including phenoxy) is 1. The lowest BCUT2D eigenvalue weighted by molar-refractivity contribution is 0.0984. The molecule has 3 heteroatoms. The minimum Gasteiger partial charge on any atom is -0.378 e. The lowest BCUT2D eigenvalue weighted by atomic mass is 10.1. The highest BCUT2D eigenvalue weighted by Crippen LogP contribution is 2.17. The first kappa shape index (κ1) is 13.9. The van der Waals surface area contributed by atoms with Crippen LogP contribution in [0.15, 0.2) is 0 Å². The van der Waals surface area contributed by atoms with E-state index in [2.05, 4.69) is 31.2 Å². The summed E-state index contributed by atoms with van der Waals surface area (Å²) in [6.45, 7) is 5.46. The van der Waals surface area contributed by atoms with Crippen LogP contribution in [0.25, 0.3) is 0 Å². The van der Waals surface area contributed by atoms with Crippen molar-refractivity contribution in [2.45, 2.75) is 51.2 Å². The molecule has 0 radical (unpaired) electrons. The topological polar surface area (TPSA) is 24.5 Å². The van der Waals surface area contributed by atoms with Gasteiger partial charge in [-0.1, -0.05) is 6.92 Å². The Balaban J connectivity index is 2.19. The lowest BCUT2D eigenvalue weighted by Gasteiger charge is -2.23. The van der Waals surface area contributed by atoms with Gasteiger partial charge in [0.1, 0.15) is 0 Å². The van der Waals surface area contributed by atoms with Gasteiger partial charge in [-0.25, -0.2) is 0 Å². The molecule has 1 aliphatic heterocycles. The van der Waals surface area contributed by atoms with Crippen LogP contribution >= 0.6 is 0 Å². The molecule has 0 saturated carbocycles. The molecule has 0 aromatic rings. The van der Waals surface area contributed by atoms with Gasteiger partial charge in [-0.2, -0.15) is 0 Å². The molecule has 1 heterocycles. The van der Waals surface area contributed by atoms with Gasteiger partial charge in [-0.05, 0) is 52.7 Å². The van der Waals surface area contributed by atoms with Crippen molar-refractivity contribution in [2.24, 2.45) is 0 Å². The Morgan fingerprint density at radius 1 is 1.44 bits per heavy atom. The summed E-state index contributed by atoms with van der Waals surface area (Å²) in [4.78, 5) is 2.27. The van der Waals surface area contributed by atoms with E-state index in [1.807, 2.05) is 0 Å². The average molecular weight is 228 g/mol. The second-order valence-electron chi connectivity index (χ2n) is 5.13. The first-order chi connectivity index (χ1) is 7.72. The molecular weight excluding hydrogens is 200 g/mol. The number of hydrogen-bond acceptors (Lipinski definition) is 3. The molecule has 1 saturated heterocycles. The highest BCUT2D eigenvalue weighted by atomic mass is 16.5. The molecule has 1 aliphatic rings. The zero-order chi connectivity index (χ0) is 11.8. The van der Waals surface area contributed by atoms with Crippen molar-refractivity contribution in [3.63, 3.8) is 0 Å². The predicted molar refractivity (Wildman–Crippen MR) is 68.8 cm³/mol. The standard InChI is InChI=1S/C13H28N2O/c1-4-9-14-12(11-15(2)3)7-8-13-6-5-10-16-13/h12-14H,4-11H2,1-3H3. The first-order valence-electron chi connectivity index (χ1n) is 6.72. The van der Waals surface area contributed by atoms with Gasteiger partial charge in [0.2, 0.25) is 0 Å². The summed E-state index contributed by atoms with van der Waals surface area (Å²) >= 11 is 0. The number of nitrogens with zero attached hydrogens (tertiary/aromatic N) is 1. The van der Waals surface area contributed by atoms with Crippen molar-refractivity contribution in [1.82, 2.24) is 10.2 Å². The molecule has 0 aromatic carbocycles. The molecule has 96 valence electrons. The second kappa shape index (κ2) is 8.04. The van der Waals surface area contributed by atoms with Gasteiger partial charge in [0.15, 0.2) is 0 Å². The summed E-state index contributed by atoms with van der Waals surface area (Å²) in [6, 6.07) is 0.624. The Morgan fingerprint density at radius 2 is 2.25 bits per heavy atom. The van der Waals surface area contributed by atoms with Crippen LogP contribution < -0.4 is 5.32 Å². The highest BCUT2D eigenvalue weighted by molar-refractivity contribution is 4.73. The van der Waals surface area contributed by atoms with E-state index < -0.39 is 0 Å². The summed E-state index contributed by atoms with van der Waals surface area (Å²) in [7, 11) is 4.29. The van der Waals surface area contributed by atoms with Gasteiger partial charge in [-0.3, -0.25) is 0 Å². The maximum Gasteiger partial charge on any atom is 0.0576 e. The maximum absolute atomic E-state index is 5.67. The van der Waals surface area contributed by atoms with Crippen molar-refractivity contribution in [3.05, 3.63) is 0 Å². The molecule has 2 unspecified atom stereocenters. The van der Waals surface area contributed by atoms with Crippen molar-refractivity contribution in [3.8, 4) is 0 Å². The van der Waals surface area contributed by atoms with E-state index in [1.54, 1.807) is 0 Å². The van der Waals surface area contributed by atoms with Gasteiger partial charge in [-0.15, -0.1) is 0 Å². The van der Waals surface area contributed by atoms with E-state index in [-0.39, 0.29) is 0 Å². The number of hydrogen-bond donors (Lipinski definition) is 1. The van der Waals surface area contributed by atoms with Crippen LogP contribution in [0.4, 0.5) is 0 Å². The normalized spacial score (nSPS) is 22.9. The second-order valence-corrected chi connectivity index (χ2v) is 5.13. The smallest absolute Gasteiger partial charge is 0.0576 e. The molecular formula is C13H28N2O. The minimum atomic E-state index is 0.535. The first-order valence-corrected chi connectivity index (χ1v) is 6.72. The van der Waals surface area contributed by atoms with Crippen LogP contribution in [-0.4, -0.2) is 50.8 Å². The van der Waals surface area contributed by atoms with E-state index in [1.165, 1.54) is 32.1 Å². The van der Waals surface area contributed by atoms with Crippen molar-refractivity contribution in [1.29, 1.82) is 0 Å². The van der Waals surface area contributed by atoms with Gasteiger partial charge < -0.3 is 15.0 Å². The Hall–Kier alpha value is -0.120. The van der Waals surface area contributed by atoms with E-state index in [0.29, 0.717) is 12.1 Å². The average Bonchev–Trinajstić information content (AvgIpc) is 2.74. The van der Waals surface area contributed by atoms with Gasteiger partial charge >= 0.3 is 0 Å². The van der Waals surface area contributed by atoms with Gasteiger partial charge in [0, 0.05) is 19.2 Å². The Bertz CT molecular complexity index is 167. The van der Waals surface area contributed by atoms with E-state index in [0.717, 1.165) is 19.7 Å². The maximum atomic E-state index is 5.67. The molecule has 0 spiro atoms. The molecule has 0 bridgehead atoms. The van der Waals surface area contributed by atoms with Gasteiger partial charge in [0.25, 0.3) is 0 Å². The fourth-order valence-corrected chi connectivity index (χ4v) is 2.31. The predicted octanol–water partition coefficient (Wildman–Crippen LogP) is 1.88. The van der Waals surface area contributed by atoms with Crippen molar-refractivity contribution < 1.29 is 4.74 Å². The van der Waals surface area contributed by atoms with Crippen LogP contribution in [0.3, 0.4) is 0 Å². The fourth-order valence-electron chi connectivity index (χ4n) is 2.31. The molecule has 0 aliphatic carbocycles. The zero-order valence-corrected chi connectivity index (χ0v) is 11.2. The fraction of sp³-hybridized carbons (Fsp3) is 1.00. The van der Waals surface area contributed by atoms with Crippen LogP contribution in [0.2, 0.25) is 0 Å². The van der Waals surface area contributed by atoms with E-state index >= 15 is 0 Å². The third-order valence-corrected chi connectivity index (χ3v) is 3.13. The lowest BCUT2D eigenvalue weighted by Crippen LogP contribution is -2.39. The minimum absolute atomic E-state index is 0.535. The van der Waals surface area contributed by atoms with Crippen LogP contribution in [0.1, 0.15) is 39.0 Å². The largest absolute Gasteiger partial charge is 0.378 e. The third kappa shape index (κ3) is 5.83. The highest BCUT2D eigenvalue weighted by Gasteiger charge is 2.17. The zero-order valence-electron chi connectivity index (χ0n) is 11.2. The molecule has 1 fully saturated rings. The summed E-state index contributed by atoms with van der Waals surface area (Å²) in [5, 5.41) is 3.63. The Morgan fingerprint density at radius 3 is 2.81 bits per heavy atom. The quantitative estimate of drug-likeness (QED) is 0.686. The van der Waals surface area contributed by atoms with Crippen LogP contribution in [0, 0.1) is 0 Å². The van der Waals surface area contributed by atoms with E-state index in [9.17, 15) is 0 Å². The van der Waals surface area contributed by atoms with Crippen molar-refractivity contribution in [2.75, 3.05) is 33.8 Å². The summed E-state index contributed by atoms with van der Waals surface area (Å²) < 4.78 is 5.67. The SMILES string of the molecule is CCCNC(CCC1CCCO1)CN(C)C. The summed E-state index contributed by atoms with van der Waals surface area (Å²) in [5.41, 5.74) is 0. The number of rotatable bonds is 8. The van der Waals surface area contributed by atoms with Crippen LogP contribution in [0.5, 0.6) is 0 Å². The van der Waals surface area contributed by atoms with Crippen LogP contribution in [-0.2, 0) is 4.74 Å². The number of likely N-dealkylation sites (N-methyl/N-ethyl adjacent to an activating group) is 1. The Kier molecular flexibility index (Phi) is 7.01. The van der Waals surface area contributed by atoms with Crippen molar-refractivity contribution >= 4 is 0 Å². The molecule has 1 N–H and O–H groups in total. The molecule has 3 nitrogen and oxygen atoms in total. The summed E-state index contributed by atoms with van der Waals surface area (Å²) in [5.74, 6) is 0. The monoisotopic (exact) mass is 228 g/mol. The summed E-state index contributed by atoms with van der Waals surface area (Å²) in [6.07, 6.45) is 6.73. The third-order valence-electron chi connectivity index (χ3n) is 3.13. The molecule has 16 heavy (non-hydrogen) atoms. The molecule has 1 rings (SSSR count).